The Labute approximate surface area is 102 Å². The lowest BCUT2D eigenvalue weighted by Gasteiger charge is -2.44. The zero-order valence-corrected chi connectivity index (χ0v) is 11.1. The van der Waals surface area contributed by atoms with Gasteiger partial charge in [-0.2, -0.15) is 0 Å². The van der Waals surface area contributed by atoms with E-state index < -0.39 is 6.09 Å². The van der Waals surface area contributed by atoms with Crippen molar-refractivity contribution in [2.45, 2.75) is 57.5 Å². The zero-order valence-electron chi connectivity index (χ0n) is 11.1. The molecule has 0 bridgehead atoms. The first-order chi connectivity index (χ1) is 7.79. The smallest absolute Gasteiger partial charge is 0.407 e. The third-order valence-electron chi connectivity index (χ3n) is 3.30. The van der Waals surface area contributed by atoms with E-state index in [-0.39, 0.29) is 17.0 Å². The first-order valence-corrected chi connectivity index (χ1v) is 5.93. The van der Waals surface area contributed by atoms with Crippen LogP contribution in [0.1, 0.15) is 46.5 Å². The standard InChI is InChI=1S/C12H22N2O3/c1-9(15)13-11(2)6-5-7-12(3,8-11)14-10(16)17-4/h5-8H2,1-4H3,(H,13,15)(H,14,16). The highest BCUT2D eigenvalue weighted by Crippen LogP contribution is 2.35. The molecule has 1 fully saturated rings. The fourth-order valence-corrected chi connectivity index (χ4v) is 2.84. The summed E-state index contributed by atoms with van der Waals surface area (Å²) in [5.74, 6) is -0.0326. The second-order valence-corrected chi connectivity index (χ2v) is 5.45. The lowest BCUT2D eigenvalue weighted by molar-refractivity contribution is -0.121. The van der Waals surface area contributed by atoms with Crippen LogP contribution in [0.15, 0.2) is 0 Å². The van der Waals surface area contributed by atoms with Crippen molar-refractivity contribution in [3.8, 4) is 0 Å². The molecule has 5 heteroatoms. The minimum atomic E-state index is -0.417. The third kappa shape index (κ3) is 3.91. The number of ether oxygens (including phenoxy) is 1. The Morgan fingerprint density at radius 2 is 1.65 bits per heavy atom. The SMILES string of the molecule is COC(=O)NC1(C)CCCC(C)(NC(C)=O)C1. The molecule has 0 aromatic rings. The lowest BCUT2D eigenvalue weighted by Crippen LogP contribution is -2.58. The molecule has 0 spiro atoms. The minimum absolute atomic E-state index is 0.0326. The Kier molecular flexibility index (Phi) is 4.01. The molecule has 0 aromatic heterocycles. The van der Waals surface area contributed by atoms with Crippen LogP contribution in [0.4, 0.5) is 4.79 Å². The molecule has 0 aromatic carbocycles. The highest BCUT2D eigenvalue weighted by Gasteiger charge is 2.40. The van der Waals surface area contributed by atoms with Crippen molar-refractivity contribution in [2.24, 2.45) is 0 Å². The summed E-state index contributed by atoms with van der Waals surface area (Å²) in [4.78, 5) is 22.5. The summed E-state index contributed by atoms with van der Waals surface area (Å²) in [7, 11) is 1.36. The number of hydrogen-bond donors (Lipinski definition) is 2. The van der Waals surface area contributed by atoms with Gasteiger partial charge < -0.3 is 15.4 Å². The molecule has 2 N–H and O–H groups in total. The number of amides is 2. The summed E-state index contributed by atoms with van der Waals surface area (Å²) in [6.45, 7) is 5.53. The van der Waals surface area contributed by atoms with Crippen molar-refractivity contribution >= 4 is 12.0 Å². The number of rotatable bonds is 2. The van der Waals surface area contributed by atoms with Crippen molar-refractivity contribution < 1.29 is 14.3 Å². The van der Waals surface area contributed by atoms with Crippen LogP contribution in [0, 0.1) is 0 Å². The first kappa shape index (κ1) is 13.8. The van der Waals surface area contributed by atoms with E-state index in [1.807, 2.05) is 13.8 Å². The van der Waals surface area contributed by atoms with Crippen LogP contribution in [0.5, 0.6) is 0 Å². The third-order valence-corrected chi connectivity index (χ3v) is 3.30. The molecule has 2 atom stereocenters. The molecule has 0 saturated heterocycles. The van der Waals surface area contributed by atoms with Crippen molar-refractivity contribution in [3.05, 3.63) is 0 Å². The molecule has 17 heavy (non-hydrogen) atoms. The summed E-state index contributed by atoms with van der Waals surface area (Å²) in [6.07, 6.45) is 3.11. The second kappa shape index (κ2) is 4.94. The Bertz CT molecular complexity index is 319. The molecule has 1 aliphatic rings. The molecular formula is C12H22N2O3. The van der Waals surface area contributed by atoms with Gasteiger partial charge in [0.15, 0.2) is 0 Å². The van der Waals surface area contributed by atoms with Crippen LogP contribution < -0.4 is 10.6 Å². The number of hydrogen-bond acceptors (Lipinski definition) is 3. The van der Waals surface area contributed by atoms with E-state index in [4.69, 9.17) is 0 Å². The van der Waals surface area contributed by atoms with Gasteiger partial charge >= 0.3 is 6.09 Å². The predicted octanol–water partition coefficient (Wildman–Crippen LogP) is 1.57. The molecule has 1 rings (SSSR count). The number of carbonyl (C=O) groups excluding carboxylic acids is 2. The number of carbonyl (C=O) groups is 2. The normalized spacial score (nSPS) is 32.7. The van der Waals surface area contributed by atoms with Gasteiger partial charge in [-0.25, -0.2) is 4.79 Å². The average molecular weight is 242 g/mol. The highest BCUT2D eigenvalue weighted by atomic mass is 16.5. The monoisotopic (exact) mass is 242 g/mol. The molecule has 98 valence electrons. The van der Waals surface area contributed by atoms with Crippen LogP contribution in [0.25, 0.3) is 0 Å². The van der Waals surface area contributed by atoms with E-state index in [9.17, 15) is 9.59 Å². The molecular weight excluding hydrogens is 220 g/mol. The van der Waals surface area contributed by atoms with Gasteiger partial charge in [-0.3, -0.25) is 4.79 Å². The summed E-state index contributed by atoms with van der Waals surface area (Å²) < 4.78 is 4.63. The number of nitrogens with one attached hydrogen (secondary N) is 2. The molecule has 1 saturated carbocycles. The van der Waals surface area contributed by atoms with E-state index in [0.29, 0.717) is 6.42 Å². The van der Waals surface area contributed by atoms with Crippen molar-refractivity contribution in [3.63, 3.8) is 0 Å². The van der Waals surface area contributed by atoms with Crippen LogP contribution in [0.2, 0.25) is 0 Å². The first-order valence-electron chi connectivity index (χ1n) is 5.93. The Morgan fingerprint density at radius 1 is 1.12 bits per heavy atom. The Morgan fingerprint density at radius 3 is 2.12 bits per heavy atom. The largest absolute Gasteiger partial charge is 0.453 e. The Balaban J connectivity index is 2.70. The van der Waals surface area contributed by atoms with Gasteiger partial charge in [-0.1, -0.05) is 0 Å². The van der Waals surface area contributed by atoms with Gasteiger partial charge in [0.1, 0.15) is 0 Å². The van der Waals surface area contributed by atoms with Crippen LogP contribution in [-0.4, -0.2) is 30.2 Å². The second-order valence-electron chi connectivity index (χ2n) is 5.45. The summed E-state index contributed by atoms with van der Waals surface area (Å²) in [6, 6.07) is 0. The van der Waals surface area contributed by atoms with E-state index in [1.54, 1.807) is 0 Å². The van der Waals surface area contributed by atoms with Gasteiger partial charge in [0.25, 0.3) is 0 Å². The van der Waals surface area contributed by atoms with Crippen molar-refractivity contribution in [2.75, 3.05) is 7.11 Å². The van der Waals surface area contributed by atoms with Crippen molar-refractivity contribution in [1.82, 2.24) is 10.6 Å². The van der Waals surface area contributed by atoms with Gasteiger partial charge in [-0.15, -0.1) is 0 Å². The average Bonchev–Trinajstić information content (AvgIpc) is 2.14. The zero-order chi connectivity index (χ0) is 13.1. The maximum absolute atomic E-state index is 11.3. The quantitative estimate of drug-likeness (QED) is 0.772. The number of alkyl carbamates (subject to hydrolysis) is 1. The Hall–Kier alpha value is -1.26. The topological polar surface area (TPSA) is 67.4 Å². The van der Waals surface area contributed by atoms with Gasteiger partial charge in [0.2, 0.25) is 5.91 Å². The summed E-state index contributed by atoms with van der Waals surface area (Å²) in [5, 5.41) is 5.83. The van der Waals surface area contributed by atoms with E-state index in [0.717, 1.165) is 19.3 Å². The summed E-state index contributed by atoms with van der Waals surface area (Å²) >= 11 is 0. The van der Waals surface area contributed by atoms with Gasteiger partial charge in [0.05, 0.1) is 7.11 Å². The molecule has 2 amide bonds. The fraction of sp³-hybridized carbons (Fsp3) is 0.833. The summed E-state index contributed by atoms with van der Waals surface area (Å²) in [5.41, 5.74) is -0.567. The maximum Gasteiger partial charge on any atom is 0.407 e. The highest BCUT2D eigenvalue weighted by molar-refractivity contribution is 5.74. The predicted molar refractivity (Wildman–Crippen MR) is 64.6 cm³/mol. The molecule has 0 aliphatic heterocycles. The molecule has 0 radical (unpaired) electrons. The molecule has 0 heterocycles. The minimum Gasteiger partial charge on any atom is -0.453 e. The van der Waals surface area contributed by atoms with E-state index in [2.05, 4.69) is 15.4 Å². The molecule has 5 nitrogen and oxygen atoms in total. The van der Waals surface area contributed by atoms with Crippen LogP contribution in [0.3, 0.4) is 0 Å². The molecule has 2 unspecified atom stereocenters. The van der Waals surface area contributed by atoms with E-state index in [1.165, 1.54) is 14.0 Å². The lowest BCUT2D eigenvalue weighted by atomic mass is 9.73. The maximum atomic E-state index is 11.3. The van der Waals surface area contributed by atoms with Crippen LogP contribution in [-0.2, 0) is 9.53 Å². The van der Waals surface area contributed by atoms with E-state index >= 15 is 0 Å². The fourth-order valence-electron chi connectivity index (χ4n) is 2.84. The van der Waals surface area contributed by atoms with Gasteiger partial charge in [-0.05, 0) is 39.5 Å². The van der Waals surface area contributed by atoms with Gasteiger partial charge in [0, 0.05) is 18.0 Å². The van der Waals surface area contributed by atoms with Crippen molar-refractivity contribution in [1.29, 1.82) is 0 Å². The van der Waals surface area contributed by atoms with Crippen LogP contribution >= 0.6 is 0 Å². The number of methoxy groups -OCH3 is 1. The molecule has 1 aliphatic carbocycles.